The first kappa shape index (κ1) is 12.0. The molecule has 2 heterocycles. The molecule has 0 fully saturated rings. The fourth-order valence-corrected chi connectivity index (χ4v) is 2.04. The monoisotopic (exact) mass is 268 g/mol. The highest BCUT2D eigenvalue weighted by Crippen LogP contribution is 2.21. The Labute approximate surface area is 113 Å². The number of hydrogen-bond donors (Lipinski definition) is 2. The molecule has 0 aliphatic heterocycles. The molecule has 0 aliphatic carbocycles. The van der Waals surface area contributed by atoms with E-state index in [1.807, 2.05) is 6.07 Å². The third-order valence-electron chi connectivity index (χ3n) is 2.95. The summed E-state index contributed by atoms with van der Waals surface area (Å²) in [7, 11) is 0. The zero-order valence-electron chi connectivity index (χ0n) is 10.3. The van der Waals surface area contributed by atoms with E-state index in [4.69, 9.17) is 11.0 Å². The average Bonchev–Trinajstić information content (AvgIpc) is 2.89. The van der Waals surface area contributed by atoms with Gasteiger partial charge in [0.05, 0.1) is 11.6 Å². The van der Waals surface area contributed by atoms with E-state index in [-0.39, 0.29) is 12.2 Å². The lowest BCUT2D eigenvalue weighted by atomic mass is 10.0. The van der Waals surface area contributed by atoms with Gasteiger partial charge >= 0.3 is 0 Å². The molecule has 3 rings (SSSR count). The number of nitrogen functional groups attached to an aromatic ring is 1. The van der Waals surface area contributed by atoms with Gasteiger partial charge in [-0.2, -0.15) is 15.6 Å². The van der Waals surface area contributed by atoms with Crippen LogP contribution in [0.1, 0.15) is 16.7 Å². The maximum Gasteiger partial charge on any atom is 0.203 e. The molecule has 1 aromatic carbocycles. The number of nitrogens with one attached hydrogen (secondary N) is 1. The third-order valence-corrected chi connectivity index (χ3v) is 2.95. The van der Waals surface area contributed by atoms with Gasteiger partial charge in [-0.25, -0.2) is 9.37 Å². The maximum absolute atomic E-state index is 13.8. The summed E-state index contributed by atoms with van der Waals surface area (Å²) in [6.45, 7) is 0. The van der Waals surface area contributed by atoms with Crippen molar-refractivity contribution in [2.24, 2.45) is 0 Å². The lowest BCUT2D eigenvalue weighted by Gasteiger charge is -2.05. The van der Waals surface area contributed by atoms with Crippen molar-refractivity contribution in [2.45, 2.75) is 6.42 Å². The smallest absolute Gasteiger partial charge is 0.203 e. The van der Waals surface area contributed by atoms with Crippen LogP contribution in [0.15, 0.2) is 24.3 Å². The number of pyridine rings is 1. The molecule has 2 aromatic heterocycles. The van der Waals surface area contributed by atoms with Crippen LogP contribution in [0.3, 0.4) is 0 Å². The first-order chi connectivity index (χ1) is 9.67. The molecule has 0 spiro atoms. The van der Waals surface area contributed by atoms with Gasteiger partial charge in [-0.15, -0.1) is 5.10 Å². The zero-order valence-corrected chi connectivity index (χ0v) is 10.3. The van der Waals surface area contributed by atoms with E-state index in [9.17, 15) is 4.39 Å². The van der Waals surface area contributed by atoms with E-state index >= 15 is 0 Å². The van der Waals surface area contributed by atoms with Crippen LogP contribution in [0.5, 0.6) is 0 Å². The van der Waals surface area contributed by atoms with E-state index in [2.05, 4.69) is 20.4 Å². The second kappa shape index (κ2) is 4.59. The predicted octanol–water partition coefficient (Wildman–Crippen LogP) is 1.54. The lowest BCUT2D eigenvalue weighted by molar-refractivity contribution is 0.614. The summed E-state index contributed by atoms with van der Waals surface area (Å²) < 4.78 is 13.8. The number of fused-ring (bicyclic) bond motifs is 1. The molecule has 0 atom stereocenters. The van der Waals surface area contributed by atoms with E-state index in [1.165, 1.54) is 18.2 Å². The summed E-state index contributed by atoms with van der Waals surface area (Å²) in [6.07, 6.45) is 0.261. The topological polar surface area (TPSA) is 104 Å². The predicted molar refractivity (Wildman–Crippen MR) is 70.0 cm³/mol. The Morgan fingerprint density at radius 3 is 2.90 bits per heavy atom. The summed E-state index contributed by atoms with van der Waals surface area (Å²) >= 11 is 0. The first-order valence-electron chi connectivity index (χ1n) is 5.82. The standard InChI is InChI=1S/C13H9FN6/c14-10-2-1-7(6-15)3-8(10)4-9-5-11(16)17-13-12(9)18-20-19-13/h1-3,5H,4H2,(H3,16,17,18,19,20). The molecule has 98 valence electrons. The van der Waals surface area contributed by atoms with Crippen molar-refractivity contribution >= 4 is 17.0 Å². The van der Waals surface area contributed by atoms with Crippen LogP contribution in [0, 0.1) is 17.1 Å². The highest BCUT2D eigenvalue weighted by atomic mass is 19.1. The highest BCUT2D eigenvalue weighted by Gasteiger charge is 2.12. The minimum atomic E-state index is -0.379. The quantitative estimate of drug-likeness (QED) is 0.733. The van der Waals surface area contributed by atoms with Gasteiger partial charge in [-0.1, -0.05) is 0 Å². The highest BCUT2D eigenvalue weighted by molar-refractivity contribution is 5.76. The minimum Gasteiger partial charge on any atom is -0.384 e. The zero-order chi connectivity index (χ0) is 14.1. The number of hydrogen-bond acceptors (Lipinski definition) is 5. The molecule has 0 bridgehead atoms. The Bertz CT molecular complexity index is 832. The van der Waals surface area contributed by atoms with Gasteiger partial charge < -0.3 is 5.73 Å². The van der Waals surface area contributed by atoms with Crippen molar-refractivity contribution < 1.29 is 4.39 Å². The number of benzene rings is 1. The Morgan fingerprint density at radius 1 is 1.25 bits per heavy atom. The van der Waals surface area contributed by atoms with Crippen molar-refractivity contribution in [3.05, 3.63) is 46.8 Å². The van der Waals surface area contributed by atoms with E-state index in [1.54, 1.807) is 6.07 Å². The summed E-state index contributed by atoms with van der Waals surface area (Å²) in [4.78, 5) is 4.02. The van der Waals surface area contributed by atoms with Gasteiger partial charge in [0.2, 0.25) is 5.65 Å². The van der Waals surface area contributed by atoms with Crippen molar-refractivity contribution in [1.82, 2.24) is 20.4 Å². The lowest BCUT2D eigenvalue weighted by Crippen LogP contribution is -1.98. The van der Waals surface area contributed by atoms with Crippen LogP contribution >= 0.6 is 0 Å². The number of rotatable bonds is 2. The number of anilines is 1. The maximum atomic E-state index is 13.8. The molecule has 0 amide bonds. The Balaban J connectivity index is 2.09. The van der Waals surface area contributed by atoms with Crippen molar-refractivity contribution in [2.75, 3.05) is 5.73 Å². The Morgan fingerprint density at radius 2 is 2.10 bits per heavy atom. The minimum absolute atomic E-state index is 0.261. The number of nitrogens with two attached hydrogens (primary N) is 1. The van der Waals surface area contributed by atoms with Gasteiger partial charge in [0.15, 0.2) is 0 Å². The van der Waals surface area contributed by atoms with Crippen LogP contribution in [-0.2, 0) is 6.42 Å². The number of nitrogens with zero attached hydrogens (tertiary/aromatic N) is 4. The number of halogens is 1. The summed E-state index contributed by atoms with van der Waals surface area (Å²) in [5, 5.41) is 19.2. The second-order valence-electron chi connectivity index (χ2n) is 4.30. The van der Waals surface area contributed by atoms with Crippen LogP contribution in [0.2, 0.25) is 0 Å². The fraction of sp³-hybridized carbons (Fsp3) is 0.0769. The molecule has 0 aliphatic rings. The molecule has 3 aromatic rings. The van der Waals surface area contributed by atoms with Crippen LogP contribution in [0.25, 0.3) is 11.2 Å². The van der Waals surface area contributed by atoms with Gasteiger partial charge in [0, 0.05) is 6.42 Å². The van der Waals surface area contributed by atoms with E-state index in [0.29, 0.717) is 33.7 Å². The molecule has 20 heavy (non-hydrogen) atoms. The SMILES string of the molecule is N#Cc1ccc(F)c(Cc2cc(N)nc3n[nH]nc23)c1. The van der Waals surface area contributed by atoms with Crippen molar-refractivity contribution in [1.29, 1.82) is 5.26 Å². The molecule has 7 heteroatoms. The number of aromatic amines is 1. The summed E-state index contributed by atoms with van der Waals surface area (Å²) in [5.41, 5.74) is 8.13. The molecule has 0 saturated heterocycles. The van der Waals surface area contributed by atoms with E-state index in [0.717, 1.165) is 0 Å². The molecule has 0 saturated carbocycles. The number of aromatic nitrogens is 4. The molecule has 0 radical (unpaired) electrons. The summed E-state index contributed by atoms with van der Waals surface area (Å²) in [5.74, 6) is -0.0886. The molecule has 3 N–H and O–H groups in total. The van der Waals surface area contributed by atoms with Crippen LogP contribution < -0.4 is 5.73 Å². The van der Waals surface area contributed by atoms with Crippen molar-refractivity contribution in [3.63, 3.8) is 0 Å². The summed E-state index contributed by atoms with van der Waals surface area (Å²) in [6, 6.07) is 7.84. The number of nitriles is 1. The normalized spacial score (nSPS) is 10.6. The molecule has 6 nitrogen and oxygen atoms in total. The van der Waals surface area contributed by atoms with Crippen molar-refractivity contribution in [3.8, 4) is 6.07 Å². The van der Waals surface area contributed by atoms with Gasteiger partial charge in [0.1, 0.15) is 17.2 Å². The van der Waals surface area contributed by atoms with E-state index < -0.39 is 0 Å². The van der Waals surface area contributed by atoms with Gasteiger partial charge in [-0.05, 0) is 35.4 Å². The van der Waals surface area contributed by atoms with Crippen LogP contribution in [0.4, 0.5) is 10.2 Å². The molecular formula is C13H9FN6. The van der Waals surface area contributed by atoms with Gasteiger partial charge in [0.25, 0.3) is 0 Å². The largest absolute Gasteiger partial charge is 0.384 e. The molecular weight excluding hydrogens is 259 g/mol. The third kappa shape index (κ3) is 2.03. The Kier molecular flexibility index (Phi) is 2.76. The van der Waals surface area contributed by atoms with Gasteiger partial charge in [-0.3, -0.25) is 0 Å². The second-order valence-corrected chi connectivity index (χ2v) is 4.30. The molecule has 0 unspecified atom stereocenters. The number of H-pyrrole nitrogens is 1. The van der Waals surface area contributed by atoms with Crippen LogP contribution in [-0.4, -0.2) is 20.4 Å². The Hall–Kier alpha value is -3.01. The fourth-order valence-electron chi connectivity index (χ4n) is 2.04. The average molecular weight is 268 g/mol. The first-order valence-corrected chi connectivity index (χ1v) is 5.82.